The number of hydrogen-bond donors (Lipinski definition) is 0. The lowest BCUT2D eigenvalue weighted by molar-refractivity contribution is 0.653. The van der Waals surface area contributed by atoms with Gasteiger partial charge in [0, 0.05) is 33.0 Å². The number of furan rings is 2. The average Bonchev–Trinajstić information content (AvgIpc) is 3.65. The Balaban J connectivity index is 1.29. The highest BCUT2D eigenvalue weighted by atomic mass is 16.3. The Morgan fingerprint density at radius 3 is 1.20 bits per heavy atom. The Morgan fingerprint density at radius 1 is 0.341 bits per heavy atom. The van der Waals surface area contributed by atoms with Gasteiger partial charge in [-0.1, -0.05) is 103 Å². The largest absolute Gasteiger partial charge is 0.436 e. The molecule has 0 saturated carbocycles. The van der Waals surface area contributed by atoms with Crippen molar-refractivity contribution < 1.29 is 8.83 Å². The van der Waals surface area contributed by atoms with Crippen molar-refractivity contribution in [1.29, 1.82) is 0 Å². The van der Waals surface area contributed by atoms with Gasteiger partial charge in [-0.2, -0.15) is 0 Å². The van der Waals surface area contributed by atoms with E-state index in [9.17, 15) is 0 Å². The zero-order valence-electron chi connectivity index (χ0n) is 23.3. The molecular formula is C38H22N4O2. The van der Waals surface area contributed by atoms with Crippen LogP contribution in [-0.4, -0.2) is 19.9 Å². The van der Waals surface area contributed by atoms with Crippen LogP contribution in [-0.2, 0) is 0 Å². The third-order valence-electron chi connectivity index (χ3n) is 7.93. The lowest BCUT2D eigenvalue weighted by atomic mass is 9.98. The van der Waals surface area contributed by atoms with Crippen LogP contribution in [0.4, 0.5) is 0 Å². The average molecular weight is 567 g/mol. The van der Waals surface area contributed by atoms with Crippen LogP contribution < -0.4 is 0 Å². The first kappa shape index (κ1) is 24.5. The number of fused-ring (bicyclic) bond motifs is 6. The quantitative estimate of drug-likeness (QED) is 0.211. The van der Waals surface area contributed by atoms with Gasteiger partial charge in [-0.15, -0.1) is 0 Å². The van der Waals surface area contributed by atoms with Crippen LogP contribution in [0.2, 0.25) is 0 Å². The molecule has 0 bridgehead atoms. The maximum Gasteiger partial charge on any atom is 0.246 e. The van der Waals surface area contributed by atoms with Crippen LogP contribution in [0, 0.1) is 0 Å². The number of para-hydroxylation sites is 2. The molecule has 0 fully saturated rings. The molecule has 0 spiro atoms. The van der Waals surface area contributed by atoms with Crippen LogP contribution >= 0.6 is 0 Å². The van der Waals surface area contributed by atoms with Crippen molar-refractivity contribution in [3.8, 4) is 45.0 Å². The summed E-state index contributed by atoms with van der Waals surface area (Å²) in [4.78, 5) is 20.4. The summed E-state index contributed by atoms with van der Waals surface area (Å²) < 4.78 is 12.3. The Hall–Kier alpha value is -6.14. The third kappa shape index (κ3) is 3.89. The molecule has 9 rings (SSSR count). The van der Waals surface area contributed by atoms with Gasteiger partial charge >= 0.3 is 0 Å². The van der Waals surface area contributed by atoms with Crippen molar-refractivity contribution in [2.24, 2.45) is 0 Å². The topological polar surface area (TPSA) is 77.8 Å². The summed E-state index contributed by atoms with van der Waals surface area (Å²) in [7, 11) is 0. The summed E-state index contributed by atoms with van der Waals surface area (Å²) >= 11 is 0. The highest BCUT2D eigenvalue weighted by Crippen LogP contribution is 2.38. The first-order chi connectivity index (χ1) is 21.8. The van der Waals surface area contributed by atoms with E-state index >= 15 is 0 Å². The van der Waals surface area contributed by atoms with E-state index in [2.05, 4.69) is 30.3 Å². The molecule has 0 unspecified atom stereocenters. The second-order valence-corrected chi connectivity index (χ2v) is 10.7. The number of nitrogens with zero attached hydrogens (tertiary/aromatic N) is 4. The normalized spacial score (nSPS) is 11.6. The predicted octanol–water partition coefficient (Wildman–Crippen LogP) is 9.73. The SMILES string of the molecule is c1ccc(-c2nc3c(nc2-c2cccc(-c4nc5oc6ccccc6c5nc4-c4ccccc4)c2)oc2ccccc23)cc1. The minimum Gasteiger partial charge on any atom is -0.436 e. The number of aromatic nitrogens is 4. The molecule has 4 aromatic heterocycles. The molecule has 0 atom stereocenters. The number of hydrogen-bond acceptors (Lipinski definition) is 6. The molecule has 0 amide bonds. The fraction of sp³-hybridized carbons (Fsp3) is 0. The summed E-state index contributed by atoms with van der Waals surface area (Å²) in [5.74, 6) is 0. The molecule has 44 heavy (non-hydrogen) atoms. The molecule has 206 valence electrons. The zero-order chi connectivity index (χ0) is 29.0. The van der Waals surface area contributed by atoms with Gasteiger partial charge < -0.3 is 8.83 Å². The van der Waals surface area contributed by atoms with E-state index in [1.165, 1.54) is 0 Å². The smallest absolute Gasteiger partial charge is 0.246 e. The van der Waals surface area contributed by atoms with E-state index in [0.29, 0.717) is 11.4 Å². The van der Waals surface area contributed by atoms with E-state index in [0.717, 1.165) is 78.0 Å². The van der Waals surface area contributed by atoms with Crippen molar-refractivity contribution in [2.75, 3.05) is 0 Å². The lowest BCUT2D eigenvalue weighted by Crippen LogP contribution is -1.96. The molecule has 4 heterocycles. The third-order valence-corrected chi connectivity index (χ3v) is 7.93. The fourth-order valence-corrected chi connectivity index (χ4v) is 5.85. The van der Waals surface area contributed by atoms with Crippen LogP contribution in [0.15, 0.2) is 142 Å². The van der Waals surface area contributed by atoms with Crippen molar-refractivity contribution >= 4 is 44.4 Å². The molecule has 0 saturated heterocycles. The van der Waals surface area contributed by atoms with Gasteiger partial charge in [-0.05, 0) is 30.3 Å². The number of benzene rings is 5. The summed E-state index contributed by atoms with van der Waals surface area (Å²) in [6, 6.07) is 44.3. The first-order valence-corrected chi connectivity index (χ1v) is 14.4. The van der Waals surface area contributed by atoms with Crippen molar-refractivity contribution in [3.05, 3.63) is 133 Å². The van der Waals surface area contributed by atoms with E-state index < -0.39 is 0 Å². The lowest BCUT2D eigenvalue weighted by Gasteiger charge is -2.12. The molecule has 0 radical (unpaired) electrons. The first-order valence-electron chi connectivity index (χ1n) is 14.4. The minimum absolute atomic E-state index is 0.500. The van der Waals surface area contributed by atoms with Gasteiger partial charge in [0.1, 0.15) is 33.6 Å². The molecule has 6 heteroatoms. The van der Waals surface area contributed by atoms with Crippen LogP contribution in [0.25, 0.3) is 89.4 Å². The van der Waals surface area contributed by atoms with Crippen molar-refractivity contribution in [1.82, 2.24) is 19.9 Å². The summed E-state index contributed by atoms with van der Waals surface area (Å²) in [6.07, 6.45) is 0. The molecular weight excluding hydrogens is 544 g/mol. The standard InChI is InChI=1S/C38H22N4O2/c1-3-12-23(13-4-1)31-33(41-37-35(39-31)27-18-7-9-20-29(27)43-37)25-16-11-17-26(22-25)34-32(24-14-5-2-6-15-24)40-36-28-19-8-10-21-30(28)44-38(36)42-34/h1-22H. The van der Waals surface area contributed by atoms with Crippen LogP contribution in [0.3, 0.4) is 0 Å². The van der Waals surface area contributed by atoms with Crippen molar-refractivity contribution in [2.45, 2.75) is 0 Å². The summed E-state index contributed by atoms with van der Waals surface area (Å²) in [5, 5.41) is 1.88. The van der Waals surface area contributed by atoms with Gasteiger partial charge in [0.2, 0.25) is 11.4 Å². The molecule has 0 aliphatic heterocycles. The number of rotatable bonds is 4. The second kappa shape index (κ2) is 9.71. The van der Waals surface area contributed by atoms with Crippen LogP contribution in [0.5, 0.6) is 0 Å². The molecule has 0 aliphatic rings. The highest BCUT2D eigenvalue weighted by Gasteiger charge is 2.21. The maximum absolute atomic E-state index is 6.17. The van der Waals surface area contributed by atoms with Gasteiger partial charge in [0.25, 0.3) is 0 Å². The van der Waals surface area contributed by atoms with Gasteiger partial charge in [0.15, 0.2) is 0 Å². The Bertz CT molecular complexity index is 2330. The summed E-state index contributed by atoms with van der Waals surface area (Å²) in [5.41, 5.74) is 10.7. The Labute approximate surface area is 251 Å². The zero-order valence-corrected chi connectivity index (χ0v) is 23.3. The molecule has 6 nitrogen and oxygen atoms in total. The van der Waals surface area contributed by atoms with Gasteiger partial charge in [0.05, 0.1) is 11.4 Å². The van der Waals surface area contributed by atoms with E-state index in [1.807, 2.05) is 103 Å². The minimum atomic E-state index is 0.500. The van der Waals surface area contributed by atoms with Gasteiger partial charge in [-0.25, -0.2) is 19.9 Å². The van der Waals surface area contributed by atoms with Gasteiger partial charge in [-0.3, -0.25) is 0 Å². The monoisotopic (exact) mass is 566 g/mol. The van der Waals surface area contributed by atoms with Crippen molar-refractivity contribution in [3.63, 3.8) is 0 Å². The molecule has 5 aromatic carbocycles. The van der Waals surface area contributed by atoms with E-state index in [1.54, 1.807) is 0 Å². The Kier molecular flexibility index (Phi) is 5.40. The Morgan fingerprint density at radius 2 is 0.727 bits per heavy atom. The molecule has 9 aromatic rings. The van der Waals surface area contributed by atoms with E-state index in [-0.39, 0.29) is 0 Å². The predicted molar refractivity (Wildman–Crippen MR) is 174 cm³/mol. The second-order valence-electron chi connectivity index (χ2n) is 10.7. The fourth-order valence-electron chi connectivity index (χ4n) is 5.85. The van der Waals surface area contributed by atoms with Crippen LogP contribution in [0.1, 0.15) is 0 Å². The summed E-state index contributed by atoms with van der Waals surface area (Å²) in [6.45, 7) is 0. The van der Waals surface area contributed by atoms with E-state index in [4.69, 9.17) is 28.8 Å². The maximum atomic E-state index is 6.17. The molecule has 0 N–H and O–H groups in total. The molecule has 0 aliphatic carbocycles. The highest BCUT2D eigenvalue weighted by molar-refractivity contribution is 6.04.